The number of esters is 1. The molecule has 0 saturated carbocycles. The summed E-state index contributed by atoms with van der Waals surface area (Å²) in [6.07, 6.45) is 2.89. The third-order valence-electron chi connectivity index (χ3n) is 3.36. The van der Waals surface area contributed by atoms with Gasteiger partial charge in [-0.1, -0.05) is 40.5 Å². The monoisotopic (exact) mass is 230 g/mol. The van der Waals surface area contributed by atoms with Crippen molar-refractivity contribution >= 4 is 5.97 Å². The normalized spacial score (nSPS) is 15.6. The van der Waals surface area contributed by atoms with Crippen LogP contribution in [0.25, 0.3) is 0 Å². The zero-order chi connectivity index (χ0) is 12.8. The van der Waals surface area contributed by atoms with E-state index in [1.807, 2.05) is 0 Å². The Labute approximate surface area is 99.5 Å². The van der Waals surface area contributed by atoms with Crippen molar-refractivity contribution in [3.8, 4) is 0 Å². The first-order chi connectivity index (χ1) is 7.35. The van der Waals surface area contributed by atoms with Gasteiger partial charge in [-0.3, -0.25) is 4.79 Å². The summed E-state index contributed by atoms with van der Waals surface area (Å²) in [5.74, 6) is -0.157. The molecule has 0 aliphatic rings. The highest BCUT2D eigenvalue weighted by molar-refractivity contribution is 5.77. The van der Waals surface area contributed by atoms with Crippen molar-refractivity contribution in [2.45, 2.75) is 47.0 Å². The van der Waals surface area contributed by atoms with E-state index < -0.39 is 5.41 Å². The van der Waals surface area contributed by atoms with Gasteiger partial charge in [0.1, 0.15) is 0 Å². The van der Waals surface area contributed by atoms with E-state index in [0.717, 1.165) is 19.3 Å². The minimum atomic E-state index is -0.535. The Bertz CT molecular complexity index is 218. The Morgan fingerprint density at radius 1 is 1.19 bits per heavy atom. The van der Waals surface area contributed by atoms with Crippen molar-refractivity contribution in [1.29, 1.82) is 0 Å². The molecule has 0 amide bonds. The quantitative estimate of drug-likeness (QED) is 0.658. The molecule has 3 nitrogen and oxygen atoms in total. The zero-order valence-corrected chi connectivity index (χ0v) is 11.6. The lowest BCUT2D eigenvalue weighted by Gasteiger charge is -2.41. The van der Waals surface area contributed by atoms with Crippen LogP contribution in [0, 0.1) is 10.8 Å². The van der Waals surface area contributed by atoms with Crippen LogP contribution in [0.5, 0.6) is 0 Å². The van der Waals surface area contributed by atoms with Gasteiger partial charge in [-0.05, 0) is 11.8 Å². The molecule has 0 rings (SSSR count). The third kappa shape index (κ3) is 3.21. The summed E-state index contributed by atoms with van der Waals surface area (Å²) in [7, 11) is 3.08. The lowest BCUT2D eigenvalue weighted by molar-refractivity contribution is -0.166. The van der Waals surface area contributed by atoms with Crippen molar-refractivity contribution in [2.24, 2.45) is 10.8 Å². The second-order valence-electron chi connectivity index (χ2n) is 5.36. The summed E-state index contributed by atoms with van der Waals surface area (Å²) >= 11 is 0. The summed E-state index contributed by atoms with van der Waals surface area (Å²) in [6.45, 7) is 8.75. The number of carbonyl (C=O) groups excluding carboxylic acids is 1. The first kappa shape index (κ1) is 15.4. The van der Waals surface area contributed by atoms with Gasteiger partial charge in [0.2, 0.25) is 0 Å². The zero-order valence-electron chi connectivity index (χ0n) is 11.6. The van der Waals surface area contributed by atoms with E-state index >= 15 is 0 Å². The highest BCUT2D eigenvalue weighted by Gasteiger charge is 2.48. The van der Waals surface area contributed by atoms with E-state index in [0.29, 0.717) is 6.61 Å². The summed E-state index contributed by atoms with van der Waals surface area (Å²) in [5.41, 5.74) is -0.697. The number of carbonyl (C=O) groups is 1. The molecule has 0 N–H and O–H groups in total. The molecule has 16 heavy (non-hydrogen) atoms. The maximum atomic E-state index is 12.1. The number of methoxy groups -OCH3 is 2. The van der Waals surface area contributed by atoms with Gasteiger partial charge in [0.15, 0.2) is 0 Å². The lowest BCUT2D eigenvalue weighted by Crippen LogP contribution is -2.47. The Balaban J connectivity index is 5.13. The second kappa shape index (κ2) is 6.24. The molecule has 0 radical (unpaired) electrons. The average Bonchev–Trinajstić information content (AvgIpc) is 2.21. The van der Waals surface area contributed by atoms with Gasteiger partial charge in [-0.25, -0.2) is 0 Å². The van der Waals surface area contributed by atoms with Crippen molar-refractivity contribution < 1.29 is 14.3 Å². The predicted molar refractivity (Wildman–Crippen MR) is 65.3 cm³/mol. The van der Waals surface area contributed by atoms with Crippen LogP contribution in [-0.4, -0.2) is 26.8 Å². The van der Waals surface area contributed by atoms with Crippen LogP contribution < -0.4 is 0 Å². The van der Waals surface area contributed by atoms with E-state index in [1.165, 1.54) is 7.11 Å². The highest BCUT2D eigenvalue weighted by atomic mass is 16.5. The van der Waals surface area contributed by atoms with Gasteiger partial charge in [0.25, 0.3) is 0 Å². The standard InChI is InChI=1S/C13H26O3/c1-7-8-9-13(10-15-5,11(14)16-6)12(2,3)4/h7-10H2,1-6H3. The molecule has 0 aliphatic heterocycles. The molecule has 0 bridgehead atoms. The van der Waals surface area contributed by atoms with Crippen LogP contribution in [0.4, 0.5) is 0 Å². The molecule has 3 heteroatoms. The molecule has 0 aromatic heterocycles. The highest BCUT2D eigenvalue weighted by Crippen LogP contribution is 2.44. The number of hydrogen-bond donors (Lipinski definition) is 0. The summed E-state index contributed by atoms with van der Waals surface area (Å²) in [4.78, 5) is 12.1. The Hall–Kier alpha value is -0.570. The molecule has 0 aromatic rings. The molecule has 0 aromatic carbocycles. The topological polar surface area (TPSA) is 35.5 Å². The molecule has 0 spiro atoms. The van der Waals surface area contributed by atoms with E-state index in [2.05, 4.69) is 27.7 Å². The fourth-order valence-electron chi connectivity index (χ4n) is 2.05. The lowest BCUT2D eigenvalue weighted by atomic mass is 9.64. The number of unbranched alkanes of at least 4 members (excludes halogenated alkanes) is 1. The molecule has 0 fully saturated rings. The largest absolute Gasteiger partial charge is 0.469 e. The SMILES string of the molecule is CCCCC(COC)(C(=O)OC)C(C)(C)C. The van der Waals surface area contributed by atoms with E-state index in [4.69, 9.17) is 9.47 Å². The third-order valence-corrected chi connectivity index (χ3v) is 3.36. The minimum absolute atomic E-state index is 0.157. The number of hydrogen-bond acceptors (Lipinski definition) is 3. The fraction of sp³-hybridized carbons (Fsp3) is 0.923. The number of ether oxygens (including phenoxy) is 2. The smallest absolute Gasteiger partial charge is 0.314 e. The van der Waals surface area contributed by atoms with E-state index in [-0.39, 0.29) is 11.4 Å². The first-order valence-corrected chi connectivity index (χ1v) is 5.93. The second-order valence-corrected chi connectivity index (χ2v) is 5.36. The molecule has 0 aliphatic carbocycles. The molecular weight excluding hydrogens is 204 g/mol. The van der Waals surface area contributed by atoms with Crippen LogP contribution in [-0.2, 0) is 14.3 Å². The first-order valence-electron chi connectivity index (χ1n) is 5.93. The van der Waals surface area contributed by atoms with E-state index in [9.17, 15) is 4.79 Å². The maximum absolute atomic E-state index is 12.1. The van der Waals surface area contributed by atoms with Gasteiger partial charge < -0.3 is 9.47 Å². The minimum Gasteiger partial charge on any atom is -0.469 e. The fourth-order valence-corrected chi connectivity index (χ4v) is 2.05. The van der Waals surface area contributed by atoms with Crippen LogP contribution in [0.15, 0.2) is 0 Å². The van der Waals surface area contributed by atoms with Gasteiger partial charge in [-0.2, -0.15) is 0 Å². The van der Waals surface area contributed by atoms with Crippen molar-refractivity contribution in [3.05, 3.63) is 0 Å². The Morgan fingerprint density at radius 2 is 1.75 bits per heavy atom. The Morgan fingerprint density at radius 3 is 2.06 bits per heavy atom. The molecule has 1 unspecified atom stereocenters. The van der Waals surface area contributed by atoms with Crippen molar-refractivity contribution in [1.82, 2.24) is 0 Å². The van der Waals surface area contributed by atoms with Gasteiger partial charge in [0, 0.05) is 7.11 Å². The summed E-state index contributed by atoms with van der Waals surface area (Å²) in [5, 5.41) is 0. The maximum Gasteiger partial charge on any atom is 0.314 e. The van der Waals surface area contributed by atoms with Gasteiger partial charge in [-0.15, -0.1) is 0 Å². The predicted octanol–water partition coefficient (Wildman–Crippen LogP) is 3.03. The molecule has 0 heterocycles. The Kier molecular flexibility index (Phi) is 6.01. The van der Waals surface area contributed by atoms with Crippen molar-refractivity contribution in [3.63, 3.8) is 0 Å². The van der Waals surface area contributed by atoms with Gasteiger partial charge >= 0.3 is 5.97 Å². The summed E-state index contributed by atoms with van der Waals surface area (Å²) in [6, 6.07) is 0. The van der Waals surface area contributed by atoms with Gasteiger partial charge in [0.05, 0.1) is 19.1 Å². The molecular formula is C13H26O3. The van der Waals surface area contributed by atoms with E-state index in [1.54, 1.807) is 7.11 Å². The summed E-state index contributed by atoms with van der Waals surface area (Å²) < 4.78 is 10.2. The average molecular weight is 230 g/mol. The molecule has 96 valence electrons. The number of rotatable bonds is 6. The van der Waals surface area contributed by atoms with Crippen LogP contribution in [0.1, 0.15) is 47.0 Å². The van der Waals surface area contributed by atoms with Crippen molar-refractivity contribution in [2.75, 3.05) is 20.8 Å². The van der Waals surface area contributed by atoms with Crippen LogP contribution >= 0.6 is 0 Å². The molecule has 1 atom stereocenters. The molecule has 0 saturated heterocycles. The van der Waals surface area contributed by atoms with Crippen LogP contribution in [0.2, 0.25) is 0 Å². The van der Waals surface area contributed by atoms with Crippen LogP contribution in [0.3, 0.4) is 0 Å².